The van der Waals surface area contributed by atoms with Gasteiger partial charge in [-0.1, -0.05) is 0 Å². The van der Waals surface area contributed by atoms with Crippen LogP contribution in [0, 0.1) is 10.1 Å². The molecule has 1 N–H and O–H groups in total. The van der Waals surface area contributed by atoms with E-state index in [-0.39, 0.29) is 30.3 Å². The van der Waals surface area contributed by atoms with Gasteiger partial charge in [0.1, 0.15) is 5.75 Å². The standard InChI is InChI=1S/C15H21N3O5/c1-10-8-17(9-11(2)23-10)15(19)7-16-13-6-12(18(20)21)4-5-14(13)22-3/h4-6,10-11,16H,7-9H2,1-3H3. The monoisotopic (exact) mass is 323 g/mol. The van der Waals surface area contributed by atoms with Crippen LogP contribution in [0.25, 0.3) is 0 Å². The summed E-state index contributed by atoms with van der Waals surface area (Å²) in [7, 11) is 1.47. The van der Waals surface area contributed by atoms with Crippen LogP contribution in [0.2, 0.25) is 0 Å². The molecule has 1 saturated heterocycles. The van der Waals surface area contributed by atoms with E-state index in [4.69, 9.17) is 9.47 Å². The molecule has 2 rings (SSSR count). The number of anilines is 1. The number of nitro groups is 1. The Morgan fingerprint density at radius 3 is 2.65 bits per heavy atom. The van der Waals surface area contributed by atoms with Crippen LogP contribution in [0.4, 0.5) is 11.4 Å². The van der Waals surface area contributed by atoms with E-state index in [2.05, 4.69) is 5.32 Å². The minimum Gasteiger partial charge on any atom is -0.495 e. The highest BCUT2D eigenvalue weighted by atomic mass is 16.6. The Kier molecular flexibility index (Phi) is 5.38. The Bertz CT molecular complexity index is 582. The topological polar surface area (TPSA) is 93.9 Å². The van der Waals surface area contributed by atoms with E-state index < -0.39 is 4.92 Å². The molecule has 0 spiro atoms. The zero-order chi connectivity index (χ0) is 17.0. The number of hydrogen-bond acceptors (Lipinski definition) is 6. The number of nitrogens with one attached hydrogen (secondary N) is 1. The first kappa shape index (κ1) is 17.0. The average Bonchev–Trinajstić information content (AvgIpc) is 2.51. The molecule has 1 amide bonds. The van der Waals surface area contributed by atoms with Crippen LogP contribution in [0.5, 0.6) is 5.75 Å². The maximum atomic E-state index is 12.3. The molecule has 1 aliphatic heterocycles. The van der Waals surface area contributed by atoms with Gasteiger partial charge in [-0.2, -0.15) is 0 Å². The lowest BCUT2D eigenvalue weighted by molar-refractivity contribution is -0.384. The molecule has 0 aliphatic carbocycles. The smallest absolute Gasteiger partial charge is 0.271 e. The third-order valence-corrected chi connectivity index (χ3v) is 3.60. The summed E-state index contributed by atoms with van der Waals surface area (Å²) in [5, 5.41) is 13.8. The number of nitrogens with zero attached hydrogens (tertiary/aromatic N) is 2. The zero-order valence-electron chi connectivity index (χ0n) is 13.4. The van der Waals surface area contributed by atoms with Gasteiger partial charge in [-0.05, 0) is 19.9 Å². The molecule has 0 radical (unpaired) electrons. The van der Waals surface area contributed by atoms with Crippen LogP contribution in [0.15, 0.2) is 18.2 Å². The minimum absolute atomic E-state index is 0.00458. The molecule has 2 unspecified atom stereocenters. The highest BCUT2D eigenvalue weighted by molar-refractivity contribution is 5.82. The largest absolute Gasteiger partial charge is 0.495 e. The zero-order valence-corrected chi connectivity index (χ0v) is 13.4. The number of methoxy groups -OCH3 is 1. The van der Waals surface area contributed by atoms with E-state index in [9.17, 15) is 14.9 Å². The van der Waals surface area contributed by atoms with E-state index in [1.807, 2.05) is 13.8 Å². The number of non-ortho nitro benzene ring substituents is 1. The van der Waals surface area contributed by atoms with Crippen LogP contribution >= 0.6 is 0 Å². The molecule has 0 bridgehead atoms. The van der Waals surface area contributed by atoms with Crippen molar-refractivity contribution < 1.29 is 19.2 Å². The normalized spacial score (nSPS) is 20.9. The highest BCUT2D eigenvalue weighted by Crippen LogP contribution is 2.28. The second-order valence-corrected chi connectivity index (χ2v) is 5.55. The quantitative estimate of drug-likeness (QED) is 0.654. The van der Waals surface area contributed by atoms with E-state index in [1.54, 1.807) is 4.90 Å². The number of rotatable bonds is 5. The summed E-state index contributed by atoms with van der Waals surface area (Å²) in [6, 6.07) is 4.22. The van der Waals surface area contributed by atoms with Crippen LogP contribution in [0.1, 0.15) is 13.8 Å². The summed E-state index contributed by atoms with van der Waals surface area (Å²) in [6.07, 6.45) is -0.00917. The molecule has 1 heterocycles. The van der Waals surface area contributed by atoms with Gasteiger partial charge in [-0.25, -0.2) is 0 Å². The van der Waals surface area contributed by atoms with E-state index in [0.29, 0.717) is 24.5 Å². The number of ether oxygens (including phenoxy) is 2. The Balaban J connectivity index is 2.03. The molecule has 1 aromatic rings. The molecular weight excluding hydrogens is 302 g/mol. The highest BCUT2D eigenvalue weighted by Gasteiger charge is 2.25. The van der Waals surface area contributed by atoms with E-state index in [0.717, 1.165) is 0 Å². The van der Waals surface area contributed by atoms with Crippen LogP contribution in [0.3, 0.4) is 0 Å². The molecular formula is C15H21N3O5. The van der Waals surface area contributed by atoms with Crippen molar-refractivity contribution in [1.82, 2.24) is 4.90 Å². The van der Waals surface area contributed by atoms with E-state index in [1.165, 1.54) is 25.3 Å². The Morgan fingerprint density at radius 2 is 2.09 bits per heavy atom. The number of morpholine rings is 1. The maximum Gasteiger partial charge on any atom is 0.271 e. The van der Waals surface area contributed by atoms with Gasteiger partial charge in [-0.15, -0.1) is 0 Å². The van der Waals surface area contributed by atoms with Crippen LogP contribution in [-0.4, -0.2) is 54.7 Å². The summed E-state index contributed by atoms with van der Waals surface area (Å²) in [5.74, 6) is 0.368. The van der Waals surface area contributed by atoms with Gasteiger partial charge >= 0.3 is 0 Å². The van der Waals surface area contributed by atoms with Gasteiger partial charge in [-0.3, -0.25) is 14.9 Å². The SMILES string of the molecule is COc1ccc([N+](=O)[O-])cc1NCC(=O)N1CC(C)OC(C)C1. The summed E-state index contributed by atoms with van der Waals surface area (Å²) < 4.78 is 10.8. The first-order valence-corrected chi connectivity index (χ1v) is 7.40. The third kappa shape index (κ3) is 4.32. The summed E-state index contributed by atoms with van der Waals surface area (Å²) in [5.41, 5.74) is 0.360. The second kappa shape index (κ2) is 7.28. The Hall–Kier alpha value is -2.35. The minimum atomic E-state index is -0.488. The summed E-state index contributed by atoms with van der Waals surface area (Å²) >= 11 is 0. The molecule has 0 saturated carbocycles. The van der Waals surface area contributed by atoms with Gasteiger partial charge in [0.15, 0.2) is 0 Å². The van der Waals surface area contributed by atoms with Crippen molar-refractivity contribution in [3.8, 4) is 5.75 Å². The van der Waals surface area contributed by atoms with Gasteiger partial charge in [0.2, 0.25) is 5.91 Å². The first-order chi connectivity index (χ1) is 10.9. The Morgan fingerprint density at radius 1 is 1.43 bits per heavy atom. The number of hydrogen-bond donors (Lipinski definition) is 1. The fourth-order valence-electron chi connectivity index (χ4n) is 2.61. The molecule has 1 aliphatic rings. The lowest BCUT2D eigenvalue weighted by Crippen LogP contribution is -2.49. The fourth-order valence-corrected chi connectivity index (χ4v) is 2.61. The first-order valence-electron chi connectivity index (χ1n) is 7.40. The van der Waals surface area contributed by atoms with Crippen LogP contribution in [-0.2, 0) is 9.53 Å². The van der Waals surface area contributed by atoms with Crippen molar-refractivity contribution in [2.24, 2.45) is 0 Å². The van der Waals surface area contributed by atoms with Crippen molar-refractivity contribution in [3.63, 3.8) is 0 Å². The number of amides is 1. The number of nitro benzene ring substituents is 1. The predicted octanol–water partition coefficient (Wildman–Crippen LogP) is 1.65. The van der Waals surface area contributed by atoms with Gasteiger partial charge in [0, 0.05) is 25.2 Å². The summed E-state index contributed by atoms with van der Waals surface area (Å²) in [6.45, 7) is 4.96. The van der Waals surface area contributed by atoms with Crippen molar-refractivity contribution in [2.45, 2.75) is 26.1 Å². The molecule has 8 nitrogen and oxygen atoms in total. The van der Waals surface area contributed by atoms with Gasteiger partial charge < -0.3 is 19.7 Å². The number of carbonyl (C=O) groups is 1. The predicted molar refractivity (Wildman–Crippen MR) is 84.7 cm³/mol. The lowest BCUT2D eigenvalue weighted by Gasteiger charge is -2.35. The van der Waals surface area contributed by atoms with E-state index >= 15 is 0 Å². The van der Waals surface area contributed by atoms with Gasteiger partial charge in [0.25, 0.3) is 5.69 Å². The number of carbonyl (C=O) groups excluding carboxylic acids is 1. The molecule has 1 aromatic carbocycles. The fraction of sp³-hybridized carbons (Fsp3) is 0.533. The van der Waals surface area contributed by atoms with Crippen molar-refractivity contribution in [2.75, 3.05) is 32.1 Å². The second-order valence-electron chi connectivity index (χ2n) is 5.55. The van der Waals surface area contributed by atoms with Crippen molar-refractivity contribution >= 4 is 17.3 Å². The van der Waals surface area contributed by atoms with Crippen molar-refractivity contribution in [3.05, 3.63) is 28.3 Å². The molecule has 126 valence electrons. The summed E-state index contributed by atoms with van der Waals surface area (Å²) in [4.78, 5) is 24.4. The molecule has 1 fully saturated rings. The third-order valence-electron chi connectivity index (χ3n) is 3.60. The van der Waals surface area contributed by atoms with Crippen molar-refractivity contribution in [1.29, 1.82) is 0 Å². The molecule has 8 heteroatoms. The molecule has 23 heavy (non-hydrogen) atoms. The Labute approximate surface area is 134 Å². The molecule has 0 aromatic heterocycles. The van der Waals surface area contributed by atoms with Crippen LogP contribution < -0.4 is 10.1 Å². The average molecular weight is 323 g/mol. The molecule has 2 atom stereocenters. The lowest BCUT2D eigenvalue weighted by atomic mass is 10.2. The van der Waals surface area contributed by atoms with Gasteiger partial charge in [0.05, 0.1) is 36.5 Å². The maximum absolute atomic E-state index is 12.3. The number of benzene rings is 1.